The predicted molar refractivity (Wildman–Crippen MR) is 164 cm³/mol. The number of rotatable bonds is 29. The molecule has 37 heavy (non-hydrogen) atoms. The molecule has 0 radical (unpaired) electrons. The zero-order chi connectivity index (χ0) is 26.7. The van der Waals surface area contributed by atoms with E-state index in [0.717, 1.165) is 19.3 Å². The molecule has 0 saturated heterocycles. The molecule has 0 amide bonds. The van der Waals surface area contributed by atoms with Gasteiger partial charge in [0.25, 0.3) is 0 Å². The highest BCUT2D eigenvalue weighted by Gasteiger charge is 2.35. The first-order valence-corrected chi connectivity index (χ1v) is 16.8. The Hall–Kier alpha value is -0.570. The van der Waals surface area contributed by atoms with E-state index in [1.807, 2.05) is 0 Å². The lowest BCUT2D eigenvalue weighted by atomic mass is 9.69. The fourth-order valence-corrected chi connectivity index (χ4v) is 6.07. The monoisotopic (exact) mass is 526 g/mol. The molecule has 0 spiro atoms. The topological polar surface area (TPSA) is 76.6 Å². The molecule has 0 aromatic carbocycles. The molecule has 0 aliphatic rings. The summed E-state index contributed by atoms with van der Waals surface area (Å²) in [7, 11) is 0. The molecular weight excluding hydrogens is 454 g/mol. The van der Waals surface area contributed by atoms with Gasteiger partial charge < -0.3 is 16.1 Å². The van der Waals surface area contributed by atoms with E-state index in [2.05, 4.69) is 27.7 Å². The second-order valence-electron chi connectivity index (χ2n) is 12.0. The largest absolute Gasteiger partial charge is 0.550 e. The second kappa shape index (κ2) is 28.4. The van der Waals surface area contributed by atoms with E-state index in [1.54, 1.807) is 0 Å². The molecule has 0 rings (SSSR count). The summed E-state index contributed by atoms with van der Waals surface area (Å²) < 4.78 is 0. The number of carbonyl (C=O) groups excluding carboxylic acids is 1. The van der Waals surface area contributed by atoms with Gasteiger partial charge in [0, 0.05) is 11.4 Å². The van der Waals surface area contributed by atoms with E-state index in [0.29, 0.717) is 6.42 Å². The molecule has 224 valence electrons. The molecule has 4 N–H and O–H groups in total. The Morgan fingerprint density at radius 2 is 0.838 bits per heavy atom. The van der Waals surface area contributed by atoms with Gasteiger partial charge in [0.1, 0.15) is 0 Å². The summed E-state index contributed by atoms with van der Waals surface area (Å²) in [6.45, 7) is 8.80. The van der Waals surface area contributed by atoms with Crippen LogP contribution >= 0.6 is 0 Å². The Labute approximate surface area is 234 Å². The fourth-order valence-electron chi connectivity index (χ4n) is 6.07. The first-order valence-electron chi connectivity index (χ1n) is 16.8. The highest BCUT2D eigenvalue weighted by atomic mass is 16.4. The lowest BCUT2D eigenvalue weighted by Gasteiger charge is -2.40. The fraction of sp³-hybridized carbons (Fsp3) is 0.971. The van der Waals surface area contributed by atoms with Crippen LogP contribution in [0.4, 0.5) is 0 Å². The van der Waals surface area contributed by atoms with Crippen molar-refractivity contribution < 1.29 is 9.90 Å². The van der Waals surface area contributed by atoms with Gasteiger partial charge in [-0.3, -0.25) is 0 Å². The summed E-state index contributed by atoms with van der Waals surface area (Å²) in [5.74, 6) is -0.567. The number of carboxylic acids is 1. The molecule has 0 saturated carbocycles. The minimum atomic E-state index is -0.792. The van der Waals surface area contributed by atoms with Crippen molar-refractivity contribution in [2.45, 2.75) is 201 Å². The lowest BCUT2D eigenvalue weighted by Crippen LogP contribution is -2.46. The smallest absolute Gasteiger partial charge is 0.0478 e. The van der Waals surface area contributed by atoms with Gasteiger partial charge in [0.2, 0.25) is 0 Å². The molecule has 3 nitrogen and oxygen atoms in total. The number of carbonyl (C=O) groups is 1. The highest BCUT2D eigenvalue weighted by molar-refractivity contribution is 5.72. The SMILES string of the molecule is CCCCCCCCCCCCCCCC(C)C(CC)(CCCCCCCCCCCCC)C(=O)[O-].[NH4+]. The van der Waals surface area contributed by atoms with Crippen LogP contribution in [0.25, 0.3) is 0 Å². The number of hydrogen-bond acceptors (Lipinski definition) is 2. The van der Waals surface area contributed by atoms with E-state index in [4.69, 9.17) is 0 Å². The average Bonchev–Trinajstić information content (AvgIpc) is 2.87. The van der Waals surface area contributed by atoms with Gasteiger partial charge in [-0.25, -0.2) is 0 Å². The van der Waals surface area contributed by atoms with Gasteiger partial charge in [-0.2, -0.15) is 0 Å². The van der Waals surface area contributed by atoms with Gasteiger partial charge in [0.15, 0.2) is 0 Å². The molecular formula is C34H71NO2. The molecule has 2 atom stereocenters. The summed E-state index contributed by atoms with van der Waals surface area (Å²) in [4.78, 5) is 12.2. The number of hydrogen-bond donors (Lipinski definition) is 1. The van der Waals surface area contributed by atoms with Crippen molar-refractivity contribution in [3.8, 4) is 0 Å². The molecule has 0 fully saturated rings. The van der Waals surface area contributed by atoms with Crippen molar-refractivity contribution >= 4 is 5.97 Å². The third-order valence-electron chi connectivity index (χ3n) is 8.95. The van der Waals surface area contributed by atoms with Crippen molar-refractivity contribution in [3.63, 3.8) is 0 Å². The van der Waals surface area contributed by atoms with Crippen molar-refractivity contribution in [1.82, 2.24) is 6.15 Å². The Kier molecular flexibility index (Phi) is 29.7. The maximum atomic E-state index is 12.2. The minimum Gasteiger partial charge on any atom is -0.550 e. The number of carboxylic acid groups (broad SMARTS) is 1. The van der Waals surface area contributed by atoms with Crippen LogP contribution in [0.2, 0.25) is 0 Å². The Bertz CT molecular complexity index is 467. The van der Waals surface area contributed by atoms with Crippen LogP contribution < -0.4 is 11.3 Å². The molecule has 2 unspecified atom stereocenters. The molecule has 3 heteroatoms. The third-order valence-corrected chi connectivity index (χ3v) is 8.95. The molecule has 0 aliphatic carbocycles. The Balaban J connectivity index is 0. The maximum Gasteiger partial charge on any atom is 0.0478 e. The van der Waals surface area contributed by atoms with Gasteiger partial charge in [-0.05, 0) is 25.2 Å². The molecule has 0 aromatic rings. The zero-order valence-corrected chi connectivity index (χ0v) is 26.5. The van der Waals surface area contributed by atoms with Crippen LogP contribution in [0, 0.1) is 11.3 Å². The third kappa shape index (κ3) is 21.0. The first kappa shape index (κ1) is 38.6. The normalized spacial score (nSPS) is 13.7. The summed E-state index contributed by atoms with van der Waals surface area (Å²) in [6.07, 6.45) is 34.7. The standard InChI is InChI=1S/C34H68O2.H3N/c1-5-8-10-12-14-16-18-19-20-22-24-26-28-30-32(4)34(7-3,33(35)36)31-29-27-25-23-21-17-15-13-11-9-6-2;/h32H,5-31H2,1-4H3,(H,35,36);1H3. The van der Waals surface area contributed by atoms with E-state index < -0.39 is 11.4 Å². The quantitative estimate of drug-likeness (QED) is 0.0985. The Morgan fingerprint density at radius 1 is 0.541 bits per heavy atom. The predicted octanol–water partition coefficient (Wildman–Crippen LogP) is 11.3. The average molecular weight is 526 g/mol. The van der Waals surface area contributed by atoms with Crippen molar-refractivity contribution in [3.05, 3.63) is 0 Å². The number of unbranched alkanes of at least 4 members (excludes halogenated alkanes) is 22. The molecule has 0 bridgehead atoms. The first-order chi connectivity index (χ1) is 17.5. The summed E-state index contributed by atoms with van der Waals surface area (Å²) in [5.41, 5.74) is -0.615. The van der Waals surface area contributed by atoms with Crippen LogP contribution in [0.15, 0.2) is 0 Å². The summed E-state index contributed by atoms with van der Waals surface area (Å²) in [5, 5.41) is 12.2. The maximum absolute atomic E-state index is 12.2. The molecule has 0 heterocycles. The summed E-state index contributed by atoms with van der Waals surface area (Å²) >= 11 is 0. The summed E-state index contributed by atoms with van der Waals surface area (Å²) in [6, 6.07) is 0. The number of aliphatic carboxylic acids is 1. The van der Waals surface area contributed by atoms with Gasteiger partial charge in [-0.1, -0.05) is 182 Å². The highest BCUT2D eigenvalue weighted by Crippen LogP contribution is 2.39. The van der Waals surface area contributed by atoms with Crippen molar-refractivity contribution in [2.24, 2.45) is 11.3 Å². The molecule has 0 aliphatic heterocycles. The zero-order valence-electron chi connectivity index (χ0n) is 26.5. The van der Waals surface area contributed by atoms with Crippen LogP contribution in [0.1, 0.15) is 201 Å². The lowest BCUT2D eigenvalue weighted by molar-refractivity contribution is -0.323. The van der Waals surface area contributed by atoms with E-state index in [-0.39, 0.29) is 12.1 Å². The van der Waals surface area contributed by atoms with E-state index in [1.165, 1.54) is 148 Å². The number of quaternary nitrogens is 1. The van der Waals surface area contributed by atoms with Gasteiger partial charge >= 0.3 is 0 Å². The molecule has 0 aromatic heterocycles. The van der Waals surface area contributed by atoms with Crippen molar-refractivity contribution in [2.75, 3.05) is 0 Å². The van der Waals surface area contributed by atoms with Crippen molar-refractivity contribution in [1.29, 1.82) is 0 Å². The second-order valence-corrected chi connectivity index (χ2v) is 12.0. The minimum absolute atomic E-state index is 0. The van der Waals surface area contributed by atoms with Crippen LogP contribution in [0.3, 0.4) is 0 Å². The van der Waals surface area contributed by atoms with E-state index in [9.17, 15) is 9.90 Å². The van der Waals surface area contributed by atoms with Crippen LogP contribution in [-0.4, -0.2) is 5.97 Å². The van der Waals surface area contributed by atoms with Crippen LogP contribution in [0.5, 0.6) is 0 Å². The Morgan fingerprint density at radius 3 is 1.14 bits per heavy atom. The van der Waals surface area contributed by atoms with Crippen LogP contribution in [-0.2, 0) is 4.79 Å². The van der Waals surface area contributed by atoms with E-state index >= 15 is 0 Å². The van der Waals surface area contributed by atoms with Gasteiger partial charge in [0.05, 0.1) is 0 Å². The van der Waals surface area contributed by atoms with Gasteiger partial charge in [-0.15, -0.1) is 0 Å².